The van der Waals surface area contributed by atoms with Gasteiger partial charge in [-0.2, -0.15) is 5.26 Å². The second kappa shape index (κ2) is 6.15. The molecule has 2 aromatic rings. The third-order valence-corrected chi connectivity index (χ3v) is 3.84. The fourth-order valence-electron chi connectivity index (χ4n) is 2.56. The molecule has 0 aliphatic heterocycles. The maximum absolute atomic E-state index is 9.29. The normalized spacial score (nSPS) is 12.9. The molecule has 2 aromatic carbocycles. The van der Waals surface area contributed by atoms with Crippen LogP contribution in [-0.2, 0) is 0 Å². The summed E-state index contributed by atoms with van der Waals surface area (Å²) in [6.45, 7) is 6.63. The van der Waals surface area contributed by atoms with E-state index in [1.54, 1.807) is 0 Å². The van der Waals surface area contributed by atoms with Gasteiger partial charge in [-0.15, -0.1) is 0 Å². The molecule has 110 valence electrons. The summed E-state index contributed by atoms with van der Waals surface area (Å²) in [6, 6.07) is 14.1. The maximum Gasteiger partial charge on any atom is 0.0998 e. The van der Waals surface area contributed by atoms with Gasteiger partial charge < -0.3 is 10.4 Å². The Labute approximate surface area is 126 Å². The summed E-state index contributed by atoms with van der Waals surface area (Å²) in [4.78, 5) is 0. The lowest BCUT2D eigenvalue weighted by molar-refractivity contribution is 0.235. The van der Waals surface area contributed by atoms with Gasteiger partial charge in [0.05, 0.1) is 11.6 Å². The number of nitriles is 1. The molecular formula is C18H22N2O. The minimum Gasteiger partial charge on any atom is -0.396 e. The number of benzene rings is 2. The van der Waals surface area contributed by atoms with E-state index in [1.165, 1.54) is 0 Å². The van der Waals surface area contributed by atoms with Crippen LogP contribution in [0.1, 0.15) is 32.8 Å². The molecule has 0 fully saturated rings. The van der Waals surface area contributed by atoms with E-state index in [2.05, 4.69) is 32.2 Å². The van der Waals surface area contributed by atoms with Gasteiger partial charge in [-0.1, -0.05) is 45.0 Å². The lowest BCUT2D eigenvalue weighted by Crippen LogP contribution is -2.34. The van der Waals surface area contributed by atoms with E-state index in [-0.39, 0.29) is 18.1 Å². The molecule has 0 aromatic heterocycles. The van der Waals surface area contributed by atoms with Crippen LogP contribution in [0.4, 0.5) is 5.69 Å². The van der Waals surface area contributed by atoms with Gasteiger partial charge in [-0.3, -0.25) is 0 Å². The maximum atomic E-state index is 9.29. The van der Waals surface area contributed by atoms with Crippen LogP contribution in [0, 0.1) is 16.7 Å². The van der Waals surface area contributed by atoms with Gasteiger partial charge in [0.25, 0.3) is 0 Å². The van der Waals surface area contributed by atoms with Gasteiger partial charge in [0.1, 0.15) is 0 Å². The molecule has 0 spiro atoms. The molecule has 0 saturated carbocycles. The lowest BCUT2D eigenvalue weighted by Gasteiger charge is -2.32. The second-order valence-corrected chi connectivity index (χ2v) is 6.39. The number of hydrogen-bond donors (Lipinski definition) is 2. The summed E-state index contributed by atoms with van der Waals surface area (Å²) >= 11 is 0. The Bertz CT molecular complexity index is 665. The molecular weight excluding hydrogens is 260 g/mol. The van der Waals surface area contributed by atoms with Crippen molar-refractivity contribution in [2.24, 2.45) is 5.41 Å². The van der Waals surface area contributed by atoms with Crippen LogP contribution in [0.3, 0.4) is 0 Å². The third kappa shape index (κ3) is 3.34. The Hall–Kier alpha value is -2.05. The Morgan fingerprint density at radius 3 is 2.38 bits per heavy atom. The average molecular weight is 282 g/mol. The SMILES string of the molecule is CC(C)(C)C(CCO)Nc1ccc(C#N)c2ccccc12. The molecule has 0 amide bonds. The topological polar surface area (TPSA) is 56.0 Å². The minimum absolute atomic E-state index is 0.0394. The van der Waals surface area contributed by atoms with Crippen LogP contribution >= 0.6 is 0 Å². The van der Waals surface area contributed by atoms with Crippen LogP contribution < -0.4 is 5.32 Å². The third-order valence-electron chi connectivity index (χ3n) is 3.84. The van der Waals surface area contributed by atoms with Gasteiger partial charge in [-0.25, -0.2) is 0 Å². The predicted molar refractivity (Wildman–Crippen MR) is 87.2 cm³/mol. The van der Waals surface area contributed by atoms with Gasteiger partial charge in [0.2, 0.25) is 0 Å². The van der Waals surface area contributed by atoms with Gasteiger partial charge in [0, 0.05) is 29.1 Å². The van der Waals surface area contributed by atoms with Crippen molar-refractivity contribution in [3.05, 3.63) is 42.0 Å². The van der Waals surface area contributed by atoms with Crippen molar-refractivity contribution in [2.45, 2.75) is 33.2 Å². The zero-order chi connectivity index (χ0) is 15.5. The molecule has 1 atom stereocenters. The number of hydrogen-bond acceptors (Lipinski definition) is 3. The summed E-state index contributed by atoms with van der Waals surface area (Å²) in [5.41, 5.74) is 1.74. The van der Waals surface area contributed by atoms with Crippen molar-refractivity contribution >= 4 is 16.5 Å². The molecule has 2 rings (SSSR count). The van der Waals surface area contributed by atoms with Crippen LogP contribution in [0.5, 0.6) is 0 Å². The molecule has 0 radical (unpaired) electrons. The Balaban J connectivity index is 2.45. The predicted octanol–water partition coefficient (Wildman–Crippen LogP) is 3.92. The Morgan fingerprint density at radius 2 is 1.81 bits per heavy atom. The zero-order valence-electron chi connectivity index (χ0n) is 12.9. The molecule has 0 saturated heterocycles. The molecule has 0 heterocycles. The lowest BCUT2D eigenvalue weighted by atomic mass is 9.84. The van der Waals surface area contributed by atoms with Crippen molar-refractivity contribution in [3.63, 3.8) is 0 Å². The van der Waals surface area contributed by atoms with Crippen molar-refractivity contribution in [1.82, 2.24) is 0 Å². The number of nitrogens with zero attached hydrogens (tertiary/aromatic N) is 1. The van der Waals surface area contributed by atoms with Gasteiger partial charge >= 0.3 is 0 Å². The second-order valence-electron chi connectivity index (χ2n) is 6.39. The number of rotatable bonds is 4. The summed E-state index contributed by atoms with van der Waals surface area (Å²) in [5.74, 6) is 0. The van der Waals surface area contributed by atoms with Crippen molar-refractivity contribution < 1.29 is 5.11 Å². The molecule has 1 unspecified atom stereocenters. The highest BCUT2D eigenvalue weighted by atomic mass is 16.3. The van der Waals surface area contributed by atoms with E-state index in [0.717, 1.165) is 16.5 Å². The van der Waals surface area contributed by atoms with E-state index in [9.17, 15) is 10.4 Å². The van der Waals surface area contributed by atoms with Crippen molar-refractivity contribution in [2.75, 3.05) is 11.9 Å². The highest BCUT2D eigenvalue weighted by Gasteiger charge is 2.24. The van der Waals surface area contributed by atoms with Gasteiger partial charge in [0.15, 0.2) is 0 Å². The van der Waals surface area contributed by atoms with Crippen LogP contribution in [0.2, 0.25) is 0 Å². The zero-order valence-corrected chi connectivity index (χ0v) is 12.9. The van der Waals surface area contributed by atoms with Gasteiger partial charge in [-0.05, 0) is 24.0 Å². The number of nitrogens with one attached hydrogen (secondary N) is 1. The summed E-state index contributed by atoms with van der Waals surface area (Å²) < 4.78 is 0. The van der Waals surface area contributed by atoms with Crippen molar-refractivity contribution in [3.8, 4) is 6.07 Å². The fraction of sp³-hybridized carbons (Fsp3) is 0.389. The standard InChI is InChI=1S/C18H22N2O/c1-18(2,3)17(10-11-21)20-16-9-8-13(12-19)14-6-4-5-7-15(14)16/h4-9,17,20-21H,10-11H2,1-3H3. The molecule has 3 heteroatoms. The molecule has 0 aliphatic carbocycles. The molecule has 3 nitrogen and oxygen atoms in total. The van der Waals surface area contributed by atoms with E-state index >= 15 is 0 Å². The molecule has 0 bridgehead atoms. The number of aliphatic hydroxyl groups excluding tert-OH is 1. The molecule has 21 heavy (non-hydrogen) atoms. The van der Waals surface area contributed by atoms with Crippen LogP contribution in [0.25, 0.3) is 10.8 Å². The molecule has 2 N–H and O–H groups in total. The highest BCUT2D eigenvalue weighted by molar-refractivity contribution is 5.97. The first-order valence-corrected chi connectivity index (χ1v) is 7.26. The van der Waals surface area contributed by atoms with E-state index < -0.39 is 0 Å². The Morgan fingerprint density at radius 1 is 1.14 bits per heavy atom. The van der Waals surface area contributed by atoms with Crippen LogP contribution in [-0.4, -0.2) is 17.8 Å². The first-order chi connectivity index (χ1) is 9.97. The molecule has 0 aliphatic rings. The largest absolute Gasteiger partial charge is 0.396 e. The smallest absolute Gasteiger partial charge is 0.0998 e. The van der Waals surface area contributed by atoms with Crippen LogP contribution in [0.15, 0.2) is 36.4 Å². The van der Waals surface area contributed by atoms with E-state index in [4.69, 9.17) is 0 Å². The first kappa shape index (κ1) is 15.3. The quantitative estimate of drug-likeness (QED) is 0.893. The van der Waals surface area contributed by atoms with E-state index in [0.29, 0.717) is 12.0 Å². The number of anilines is 1. The number of aliphatic hydroxyl groups is 1. The first-order valence-electron chi connectivity index (χ1n) is 7.26. The number of fused-ring (bicyclic) bond motifs is 1. The fourth-order valence-corrected chi connectivity index (χ4v) is 2.56. The average Bonchev–Trinajstić information content (AvgIpc) is 2.46. The van der Waals surface area contributed by atoms with Crippen molar-refractivity contribution in [1.29, 1.82) is 5.26 Å². The summed E-state index contributed by atoms with van der Waals surface area (Å²) in [7, 11) is 0. The minimum atomic E-state index is 0.0394. The summed E-state index contributed by atoms with van der Waals surface area (Å²) in [5, 5.41) is 24.1. The Kier molecular flexibility index (Phi) is 4.50. The monoisotopic (exact) mass is 282 g/mol. The van der Waals surface area contributed by atoms with E-state index in [1.807, 2.05) is 36.4 Å². The highest BCUT2D eigenvalue weighted by Crippen LogP contribution is 2.31. The summed E-state index contributed by atoms with van der Waals surface area (Å²) in [6.07, 6.45) is 0.692.